The number of hydrogen-bond acceptors (Lipinski definition) is 12. The van der Waals surface area contributed by atoms with Crippen molar-refractivity contribution in [3.8, 4) is 0 Å². The smallest absolute Gasteiger partial charge is 0.187 e. The SMILES string of the molecule is C1CCC2C3NC(NC4NC(NC5NC(NC6NC(N3)C3CCCCC63)C3CCCCC53)C3CCCCC43)C2C1.I.[AlH3].c1ccncc1.c1ccncc1.c1ccncc1.c1ccncc1. The van der Waals surface area contributed by atoms with Crippen LogP contribution in [0.5, 0.6) is 0 Å². The molecule has 4 aromatic heterocycles. The van der Waals surface area contributed by atoms with E-state index in [1.54, 1.807) is 49.6 Å². The Morgan fingerprint density at radius 3 is 0.455 bits per heavy atom. The maximum absolute atomic E-state index is 4.26. The first-order valence-corrected chi connectivity index (χ1v) is 25.3. The van der Waals surface area contributed by atoms with Crippen LogP contribution >= 0.6 is 24.0 Å². The molecule has 13 rings (SSSR count). The molecule has 8 bridgehead atoms. The third-order valence-corrected chi connectivity index (χ3v) is 16.1. The Balaban J connectivity index is 0.000000202. The average molecular weight is 1030 g/mol. The number of fused-ring (bicyclic) bond motifs is 20. The predicted molar refractivity (Wildman–Crippen MR) is 279 cm³/mol. The number of hydrogen-bond donors (Lipinski definition) is 8. The summed E-state index contributed by atoms with van der Waals surface area (Å²) in [4.78, 5) is 15.1. The Morgan fingerprint density at radius 1 is 0.227 bits per heavy atom. The van der Waals surface area contributed by atoms with Gasteiger partial charge in [0.05, 0.1) is 49.3 Å². The molecule has 9 aliphatic rings. The normalized spacial score (nSPS) is 37.8. The van der Waals surface area contributed by atoms with Crippen molar-refractivity contribution in [3.05, 3.63) is 122 Å². The van der Waals surface area contributed by atoms with Crippen molar-refractivity contribution in [2.24, 2.45) is 47.3 Å². The summed E-state index contributed by atoms with van der Waals surface area (Å²) in [5.74, 6) is 5.97. The van der Waals surface area contributed by atoms with E-state index in [0.717, 1.165) is 47.3 Å². The maximum Gasteiger partial charge on any atom is 0.187 e. The van der Waals surface area contributed by atoms with Gasteiger partial charge in [0.25, 0.3) is 0 Å². The Kier molecular flexibility index (Phi) is 21.1. The van der Waals surface area contributed by atoms with Gasteiger partial charge in [-0.3, -0.25) is 62.5 Å². The summed E-state index contributed by atoms with van der Waals surface area (Å²) in [6.07, 6.45) is 39.6. The van der Waals surface area contributed by atoms with E-state index in [4.69, 9.17) is 0 Å². The first-order chi connectivity index (χ1) is 31.8. The fraction of sp³-hybridized carbons (Fsp3) is 0.615. The molecule has 0 spiro atoms. The summed E-state index contributed by atoms with van der Waals surface area (Å²) in [6, 6.07) is 22.9. The van der Waals surface area contributed by atoms with Crippen molar-refractivity contribution in [1.29, 1.82) is 0 Å². The minimum atomic E-state index is 0. The summed E-state index contributed by atoms with van der Waals surface area (Å²) in [7, 11) is 0. The van der Waals surface area contributed by atoms with E-state index < -0.39 is 0 Å². The zero-order valence-corrected chi connectivity index (χ0v) is 40.6. The van der Waals surface area contributed by atoms with Gasteiger partial charge in [0.15, 0.2) is 17.4 Å². The molecule has 14 heteroatoms. The van der Waals surface area contributed by atoms with E-state index in [1.165, 1.54) is 103 Å². The van der Waals surface area contributed by atoms with Gasteiger partial charge in [-0.1, -0.05) is 75.6 Å². The van der Waals surface area contributed by atoms with E-state index in [-0.39, 0.29) is 41.3 Å². The van der Waals surface area contributed by atoms with Gasteiger partial charge in [0, 0.05) is 49.6 Å². The monoisotopic (exact) mass is 1030 g/mol. The van der Waals surface area contributed by atoms with Gasteiger partial charge in [0.2, 0.25) is 0 Å². The molecule has 9 heterocycles. The molecule has 8 unspecified atom stereocenters. The Labute approximate surface area is 423 Å². The molecule has 358 valence electrons. The zero-order chi connectivity index (χ0) is 43.2. The largest absolute Gasteiger partial charge is 0.286 e. The molecule has 8 atom stereocenters. The number of halogens is 1. The highest BCUT2D eigenvalue weighted by atomic mass is 127. The molecular weight excluding hydrogens is 947 g/mol. The molecule has 9 fully saturated rings. The Bertz CT molecular complexity index is 1420. The van der Waals surface area contributed by atoms with E-state index in [9.17, 15) is 0 Å². The van der Waals surface area contributed by atoms with Gasteiger partial charge in [-0.2, -0.15) is 0 Å². The number of rotatable bonds is 0. The van der Waals surface area contributed by atoms with E-state index in [2.05, 4.69) is 62.5 Å². The lowest BCUT2D eigenvalue weighted by Gasteiger charge is -2.35. The van der Waals surface area contributed by atoms with Gasteiger partial charge in [0.1, 0.15) is 0 Å². The summed E-state index contributed by atoms with van der Waals surface area (Å²) < 4.78 is 0. The summed E-state index contributed by atoms with van der Waals surface area (Å²) in [6.45, 7) is 0. The van der Waals surface area contributed by atoms with Crippen LogP contribution in [0.3, 0.4) is 0 Å². The van der Waals surface area contributed by atoms with Gasteiger partial charge < -0.3 is 0 Å². The topological polar surface area (TPSA) is 148 Å². The average Bonchev–Trinajstić information content (AvgIpc) is 4.13. The molecule has 5 saturated heterocycles. The molecular formula is C52H80AlIN12. The predicted octanol–water partition coefficient (Wildman–Crippen LogP) is 6.37. The quantitative estimate of drug-likeness (QED) is 0.0733. The second-order valence-corrected chi connectivity index (χ2v) is 19.7. The molecule has 4 saturated carbocycles. The van der Waals surface area contributed by atoms with Gasteiger partial charge in [-0.15, -0.1) is 24.0 Å². The lowest BCUT2D eigenvalue weighted by atomic mass is 9.76. The molecule has 8 N–H and O–H groups in total. The third-order valence-electron chi connectivity index (χ3n) is 16.1. The lowest BCUT2D eigenvalue weighted by molar-refractivity contribution is 0.167. The highest BCUT2D eigenvalue weighted by molar-refractivity contribution is 14.0. The molecule has 0 radical (unpaired) electrons. The number of nitrogens with zero attached hydrogens (tertiary/aromatic N) is 4. The second-order valence-electron chi connectivity index (χ2n) is 19.7. The van der Waals surface area contributed by atoms with Crippen LogP contribution in [-0.2, 0) is 0 Å². The van der Waals surface area contributed by atoms with Crippen molar-refractivity contribution >= 4 is 41.3 Å². The fourth-order valence-electron chi connectivity index (χ4n) is 13.2. The Hall–Kier alpha value is -2.46. The van der Waals surface area contributed by atoms with Crippen molar-refractivity contribution in [2.75, 3.05) is 0 Å². The van der Waals surface area contributed by atoms with E-state index in [1.807, 2.05) is 72.8 Å². The van der Waals surface area contributed by atoms with Crippen molar-refractivity contribution in [3.63, 3.8) is 0 Å². The van der Waals surface area contributed by atoms with Crippen LogP contribution in [0.4, 0.5) is 0 Å². The van der Waals surface area contributed by atoms with Gasteiger partial charge in [-0.05, 0) is 147 Å². The summed E-state index contributed by atoms with van der Waals surface area (Å²) in [5.41, 5.74) is 0. The first-order valence-electron chi connectivity index (χ1n) is 25.3. The van der Waals surface area contributed by atoms with Crippen LogP contribution in [0.15, 0.2) is 122 Å². The molecule has 66 heavy (non-hydrogen) atoms. The molecule has 4 aromatic rings. The minimum absolute atomic E-state index is 0. The molecule has 5 aliphatic heterocycles. The standard InChI is InChI=1S/C32H56N8.4C5H5N.Al.HI.3H/c1-2-10-18-17(9-1)25-33-26(18)38-28-21-13-5-6-14-22(21)30(35-28)40-32-24-16-8-7-15-23(24)31(36-32)39-29-20-12-4-3-11-19(20)27(34-29)37-25;4*1-2-4-6-5-3-1;;;;;/h17-40H,1-16H2;4*1-5H;;1H;;;. The van der Waals surface area contributed by atoms with Crippen LogP contribution in [-0.4, -0.2) is 86.6 Å². The number of aromatic nitrogens is 4. The molecule has 0 amide bonds. The third kappa shape index (κ3) is 13.4. The second kappa shape index (κ2) is 27.1. The van der Waals surface area contributed by atoms with Crippen molar-refractivity contribution in [1.82, 2.24) is 62.5 Å². The Morgan fingerprint density at radius 2 is 0.364 bits per heavy atom. The summed E-state index contributed by atoms with van der Waals surface area (Å²) in [5, 5.41) is 33.8. The van der Waals surface area contributed by atoms with E-state index >= 15 is 0 Å². The first kappa shape index (κ1) is 51.4. The van der Waals surface area contributed by atoms with Gasteiger partial charge >= 0.3 is 0 Å². The fourth-order valence-corrected chi connectivity index (χ4v) is 13.2. The molecule has 0 aromatic carbocycles. The van der Waals surface area contributed by atoms with Crippen LogP contribution in [0.25, 0.3) is 0 Å². The van der Waals surface area contributed by atoms with Crippen molar-refractivity contribution in [2.45, 2.75) is 152 Å². The van der Waals surface area contributed by atoms with Crippen LogP contribution < -0.4 is 42.5 Å². The van der Waals surface area contributed by atoms with Gasteiger partial charge in [-0.25, -0.2) is 0 Å². The summed E-state index contributed by atoms with van der Waals surface area (Å²) >= 11 is 0. The zero-order valence-electron chi connectivity index (χ0n) is 38.3. The minimum Gasteiger partial charge on any atom is -0.286 e. The molecule has 4 aliphatic carbocycles. The van der Waals surface area contributed by atoms with Crippen LogP contribution in [0.1, 0.15) is 103 Å². The van der Waals surface area contributed by atoms with E-state index in [0.29, 0.717) is 49.3 Å². The van der Waals surface area contributed by atoms with Crippen LogP contribution in [0.2, 0.25) is 0 Å². The van der Waals surface area contributed by atoms with Crippen molar-refractivity contribution < 1.29 is 0 Å². The number of nitrogens with one attached hydrogen (secondary N) is 8. The lowest BCUT2D eigenvalue weighted by Crippen LogP contribution is -2.61. The highest BCUT2D eigenvalue weighted by Crippen LogP contribution is 2.45. The molecule has 12 nitrogen and oxygen atoms in total. The highest BCUT2D eigenvalue weighted by Gasteiger charge is 2.54. The van der Waals surface area contributed by atoms with Crippen LogP contribution in [0, 0.1) is 47.3 Å². The number of pyridine rings is 4. The maximum atomic E-state index is 4.26.